The number of rotatable bonds is 5. The Morgan fingerprint density at radius 3 is 2.24 bits per heavy atom. The average Bonchev–Trinajstić information content (AvgIpc) is 3.30. The fraction of sp³-hybridized carbons (Fsp3) is 0.280. The van der Waals surface area contributed by atoms with Crippen molar-refractivity contribution >= 4 is 29.1 Å². The van der Waals surface area contributed by atoms with E-state index >= 15 is 0 Å². The Labute approximate surface area is 199 Å². The van der Waals surface area contributed by atoms with E-state index in [1.807, 2.05) is 0 Å². The highest BCUT2D eigenvalue weighted by atomic mass is 16.5. The molecule has 5 rings (SSSR count). The molecule has 0 aliphatic carbocycles. The van der Waals surface area contributed by atoms with Crippen LogP contribution in [0, 0.1) is 0 Å². The minimum absolute atomic E-state index is 0.0615. The topological polar surface area (TPSA) is 111 Å². The fourth-order valence-corrected chi connectivity index (χ4v) is 4.32. The maximum absolute atomic E-state index is 13.8. The number of hydrogen-bond acceptors (Lipinski definition) is 5. The van der Waals surface area contributed by atoms with Gasteiger partial charge in [-0.2, -0.15) is 5.10 Å². The molecule has 3 aromatic rings. The summed E-state index contributed by atoms with van der Waals surface area (Å²) in [5.41, 5.74) is 6.70. The zero-order chi connectivity index (χ0) is 25.6. The van der Waals surface area contributed by atoms with E-state index in [2.05, 4.69) is 5.10 Å². The maximum Gasteiger partial charge on any atom is 0.277 e. The molecule has 0 atom stereocenters. The van der Waals surface area contributed by atoms with Crippen molar-refractivity contribution in [3.63, 3.8) is 0 Å². The first-order chi connectivity index (χ1) is 17.2. The molecule has 174 valence electrons. The second kappa shape index (κ2) is 8.66. The van der Waals surface area contributed by atoms with Crippen LogP contribution < -0.4 is 20.3 Å². The zero-order valence-corrected chi connectivity index (χ0v) is 18.7. The Balaban J connectivity index is 1.57. The van der Waals surface area contributed by atoms with Gasteiger partial charge in [-0.1, -0.05) is 0 Å². The monoisotopic (exact) mass is 461 g/mol. The molecule has 0 saturated carbocycles. The van der Waals surface area contributed by atoms with Gasteiger partial charge in [-0.25, -0.2) is 4.68 Å². The van der Waals surface area contributed by atoms with Gasteiger partial charge in [0.15, 0.2) is 5.69 Å². The lowest BCUT2D eigenvalue weighted by Crippen LogP contribution is -2.39. The molecule has 3 heterocycles. The number of amides is 3. The lowest BCUT2D eigenvalue weighted by atomic mass is 10.0. The summed E-state index contributed by atoms with van der Waals surface area (Å²) in [7, 11) is 1.53. The van der Waals surface area contributed by atoms with Gasteiger partial charge in [0.1, 0.15) is 11.4 Å². The Bertz CT molecular complexity index is 1350. The summed E-state index contributed by atoms with van der Waals surface area (Å²) in [6, 6.07) is 13.6. The largest absolute Gasteiger partial charge is 0.497 e. The van der Waals surface area contributed by atoms with Crippen molar-refractivity contribution in [1.29, 1.82) is 0 Å². The van der Waals surface area contributed by atoms with Gasteiger partial charge in [0.05, 0.1) is 12.8 Å². The Hall–Kier alpha value is -4.14. The zero-order valence-electron chi connectivity index (χ0n) is 20.7. The van der Waals surface area contributed by atoms with Crippen molar-refractivity contribution < 1.29 is 21.9 Å². The van der Waals surface area contributed by atoms with Crippen LogP contribution in [0.1, 0.15) is 48.5 Å². The number of fused-ring (bicyclic) bond motifs is 1. The minimum Gasteiger partial charge on any atom is -0.497 e. The van der Waals surface area contributed by atoms with Crippen LogP contribution in [0.4, 0.5) is 11.4 Å². The molecule has 2 aliphatic heterocycles. The summed E-state index contributed by atoms with van der Waals surface area (Å²) in [4.78, 5) is 41.3. The van der Waals surface area contributed by atoms with Crippen molar-refractivity contribution in [2.75, 3.05) is 30.0 Å². The molecule has 0 radical (unpaired) electrons. The summed E-state index contributed by atoms with van der Waals surface area (Å²) in [6.07, 6.45) is 0.216. The number of primary amides is 1. The Morgan fingerprint density at radius 1 is 0.971 bits per heavy atom. The van der Waals surface area contributed by atoms with Crippen molar-refractivity contribution in [1.82, 2.24) is 9.78 Å². The number of nitrogens with zero attached hydrogens (tertiary/aromatic N) is 4. The van der Waals surface area contributed by atoms with Gasteiger partial charge in [0.25, 0.3) is 11.8 Å². The standard InChI is InChI=1S/C25H25N5O4/c1-34-19-11-9-18(10-12-19)30-23-20(22(27-30)24(26)32)13-15-29(25(23)33)17-7-5-16(6-8-17)28-14-3-2-4-21(28)31/h5-12H,2-4,13-15H2,1H3,(H2,26,32)/i13D2. The van der Waals surface area contributed by atoms with Crippen molar-refractivity contribution in [2.45, 2.75) is 25.6 Å². The molecule has 34 heavy (non-hydrogen) atoms. The van der Waals surface area contributed by atoms with Gasteiger partial charge in [0, 0.05) is 39.2 Å². The Kier molecular flexibility index (Phi) is 4.93. The molecular formula is C25H25N5O4. The normalized spacial score (nSPS) is 18.3. The molecule has 2 aliphatic rings. The van der Waals surface area contributed by atoms with E-state index in [1.165, 1.54) is 16.7 Å². The van der Waals surface area contributed by atoms with Crippen molar-refractivity contribution in [2.24, 2.45) is 5.73 Å². The van der Waals surface area contributed by atoms with Gasteiger partial charge < -0.3 is 20.3 Å². The van der Waals surface area contributed by atoms with Gasteiger partial charge in [-0.15, -0.1) is 0 Å². The van der Waals surface area contributed by atoms with Crippen LogP contribution in [0.3, 0.4) is 0 Å². The number of aromatic nitrogens is 2. The fourth-order valence-electron chi connectivity index (χ4n) is 4.32. The number of hydrogen-bond donors (Lipinski definition) is 1. The van der Waals surface area contributed by atoms with Crippen LogP contribution in [0.2, 0.25) is 0 Å². The van der Waals surface area contributed by atoms with Crippen LogP contribution in [-0.4, -0.2) is 47.7 Å². The molecular weight excluding hydrogens is 434 g/mol. The predicted octanol–water partition coefficient (Wildman–Crippen LogP) is 2.70. The molecule has 2 aromatic carbocycles. The average molecular weight is 462 g/mol. The highest BCUT2D eigenvalue weighted by Crippen LogP contribution is 2.31. The van der Waals surface area contributed by atoms with Crippen molar-refractivity contribution in [3.8, 4) is 11.4 Å². The lowest BCUT2D eigenvalue weighted by molar-refractivity contribution is -0.119. The van der Waals surface area contributed by atoms with Crippen LogP contribution in [-0.2, 0) is 11.2 Å². The molecule has 9 nitrogen and oxygen atoms in total. The van der Waals surface area contributed by atoms with E-state index in [1.54, 1.807) is 53.4 Å². The summed E-state index contributed by atoms with van der Waals surface area (Å²) >= 11 is 0. The van der Waals surface area contributed by atoms with Crippen LogP contribution >= 0.6 is 0 Å². The molecule has 1 fully saturated rings. The van der Waals surface area contributed by atoms with E-state index < -0.39 is 18.2 Å². The van der Waals surface area contributed by atoms with E-state index in [9.17, 15) is 14.4 Å². The van der Waals surface area contributed by atoms with E-state index in [-0.39, 0.29) is 29.4 Å². The maximum atomic E-state index is 13.8. The number of nitrogens with two attached hydrogens (primary N) is 1. The molecule has 0 spiro atoms. The molecule has 0 unspecified atom stereocenters. The quantitative estimate of drug-likeness (QED) is 0.628. The molecule has 9 heteroatoms. The molecule has 0 bridgehead atoms. The number of piperidine rings is 1. The highest BCUT2D eigenvalue weighted by Gasteiger charge is 2.34. The number of methoxy groups -OCH3 is 1. The lowest BCUT2D eigenvalue weighted by Gasteiger charge is -2.29. The van der Waals surface area contributed by atoms with Crippen LogP contribution in [0.15, 0.2) is 48.5 Å². The first-order valence-electron chi connectivity index (χ1n) is 12.0. The summed E-state index contributed by atoms with van der Waals surface area (Å²) < 4.78 is 23.9. The van der Waals surface area contributed by atoms with Crippen molar-refractivity contribution in [3.05, 3.63) is 65.5 Å². The van der Waals surface area contributed by atoms with Gasteiger partial charge in [-0.05, 0) is 67.7 Å². The SMILES string of the molecule is [2H]C1([2H])CN(c2ccc(N3CCCCC3=O)cc2)C(=O)c2c1c(C(N)=O)nn2-c1ccc(OC)cc1. The third-order valence-corrected chi connectivity index (χ3v) is 6.09. The van der Waals surface area contributed by atoms with Gasteiger partial charge >= 0.3 is 0 Å². The third kappa shape index (κ3) is 3.68. The first kappa shape index (κ1) is 19.3. The number of benzene rings is 2. The second-order valence-electron chi connectivity index (χ2n) is 8.13. The third-order valence-electron chi connectivity index (χ3n) is 6.09. The summed E-state index contributed by atoms with van der Waals surface area (Å²) in [5.74, 6) is -0.784. The van der Waals surface area contributed by atoms with E-state index in [0.29, 0.717) is 30.1 Å². The van der Waals surface area contributed by atoms with E-state index in [4.69, 9.17) is 13.2 Å². The molecule has 1 aromatic heterocycles. The molecule has 1 saturated heterocycles. The van der Waals surface area contributed by atoms with Crippen LogP contribution in [0.5, 0.6) is 5.75 Å². The van der Waals surface area contributed by atoms with E-state index in [0.717, 1.165) is 18.5 Å². The first-order valence-corrected chi connectivity index (χ1v) is 11.0. The predicted molar refractivity (Wildman–Crippen MR) is 127 cm³/mol. The molecule has 3 amide bonds. The Morgan fingerprint density at radius 2 is 1.62 bits per heavy atom. The number of anilines is 2. The smallest absolute Gasteiger partial charge is 0.277 e. The highest BCUT2D eigenvalue weighted by molar-refractivity contribution is 6.09. The van der Waals surface area contributed by atoms with Gasteiger partial charge in [-0.3, -0.25) is 14.4 Å². The van der Waals surface area contributed by atoms with Gasteiger partial charge in [0.2, 0.25) is 5.91 Å². The summed E-state index contributed by atoms with van der Waals surface area (Å²) in [5, 5.41) is 4.24. The number of carbonyl (C=O) groups is 3. The number of ether oxygens (including phenoxy) is 1. The number of carbonyl (C=O) groups excluding carboxylic acids is 3. The second-order valence-corrected chi connectivity index (χ2v) is 8.13. The van der Waals surface area contributed by atoms with Crippen LogP contribution in [0.25, 0.3) is 5.69 Å². The minimum atomic E-state index is -2.10. The summed E-state index contributed by atoms with van der Waals surface area (Å²) in [6.45, 7) is 0.319. The molecule has 2 N–H and O–H groups in total.